The Hall–Kier alpha value is -1.82. The third kappa shape index (κ3) is 4.38. The van der Waals surface area contributed by atoms with E-state index < -0.39 is 6.09 Å². The zero-order valence-corrected chi connectivity index (χ0v) is 13.1. The number of nitrogens with zero attached hydrogens (tertiary/aromatic N) is 3. The number of nitrogens with one attached hydrogen (secondary N) is 1. The maximum absolute atomic E-state index is 11.2. The minimum Gasteiger partial charge on any atom is -0.443 e. The van der Waals surface area contributed by atoms with Gasteiger partial charge in [0.1, 0.15) is 12.4 Å². The lowest BCUT2D eigenvalue weighted by Gasteiger charge is -2.19. The van der Waals surface area contributed by atoms with E-state index in [-0.39, 0.29) is 6.61 Å². The van der Waals surface area contributed by atoms with Crippen LogP contribution in [0.2, 0.25) is 0 Å². The molecule has 0 radical (unpaired) electrons. The minimum atomic E-state index is -0.449. The number of anilines is 1. The second-order valence-corrected chi connectivity index (χ2v) is 5.17. The molecule has 1 aromatic heterocycles. The lowest BCUT2D eigenvalue weighted by atomic mass is 10.1. The van der Waals surface area contributed by atoms with E-state index in [0.29, 0.717) is 0 Å². The highest BCUT2D eigenvalue weighted by molar-refractivity contribution is 5.66. The molecule has 1 amide bonds. The Bertz CT molecular complexity index is 472. The van der Waals surface area contributed by atoms with Gasteiger partial charge in [-0.25, -0.2) is 9.78 Å². The zero-order chi connectivity index (χ0) is 15.3. The summed E-state index contributed by atoms with van der Waals surface area (Å²) in [6.45, 7) is 3.00. The number of hydrogen-bond acceptors (Lipinski definition) is 5. The molecule has 6 nitrogen and oxygen atoms in total. The van der Waals surface area contributed by atoms with Crippen LogP contribution in [0, 0.1) is 6.92 Å². The van der Waals surface area contributed by atoms with E-state index >= 15 is 0 Å². The predicted octanol–water partition coefficient (Wildman–Crippen LogP) is 1.37. The molecule has 6 heteroatoms. The molecule has 0 aliphatic rings. The molecule has 0 spiro atoms. The molecule has 20 heavy (non-hydrogen) atoms. The molecule has 0 aliphatic carbocycles. The number of alkyl carbamates (subject to hydrolysis) is 1. The highest BCUT2D eigenvalue weighted by atomic mass is 16.5. The summed E-state index contributed by atoms with van der Waals surface area (Å²) in [5.74, 6) is 0.864. The van der Waals surface area contributed by atoms with Crippen LogP contribution in [-0.4, -0.2) is 51.2 Å². The molecule has 1 aromatic rings. The van der Waals surface area contributed by atoms with Crippen molar-refractivity contribution in [3.63, 3.8) is 0 Å². The first kappa shape index (κ1) is 16.2. The lowest BCUT2D eigenvalue weighted by molar-refractivity contribution is 0.140. The molecule has 1 rings (SSSR count). The summed E-state index contributed by atoms with van der Waals surface area (Å²) in [6.07, 6.45) is -0.449. The van der Waals surface area contributed by atoms with Crippen LogP contribution in [0.5, 0.6) is 0 Å². The van der Waals surface area contributed by atoms with Crippen molar-refractivity contribution >= 4 is 11.9 Å². The summed E-state index contributed by atoms with van der Waals surface area (Å²) >= 11 is 0. The Labute approximate surface area is 120 Å². The highest BCUT2D eigenvalue weighted by Gasteiger charge is 2.12. The normalized spacial score (nSPS) is 10.6. The summed E-state index contributed by atoms with van der Waals surface area (Å²) in [6, 6.07) is 2.07. The molecular formula is C14H24N4O2. The number of amides is 1. The van der Waals surface area contributed by atoms with Crippen LogP contribution in [0.25, 0.3) is 0 Å². The van der Waals surface area contributed by atoms with Crippen LogP contribution in [0.4, 0.5) is 10.6 Å². The molecule has 0 fully saturated rings. The number of aromatic nitrogens is 1. The van der Waals surface area contributed by atoms with E-state index in [2.05, 4.69) is 21.3 Å². The van der Waals surface area contributed by atoms with Gasteiger partial charge in [-0.05, 0) is 38.2 Å². The van der Waals surface area contributed by atoms with Crippen LogP contribution >= 0.6 is 0 Å². The van der Waals surface area contributed by atoms with Crippen molar-refractivity contribution in [1.82, 2.24) is 15.2 Å². The third-order valence-electron chi connectivity index (χ3n) is 2.96. The Morgan fingerprint density at radius 1 is 1.35 bits per heavy atom. The largest absolute Gasteiger partial charge is 0.443 e. The zero-order valence-electron chi connectivity index (χ0n) is 13.1. The topological polar surface area (TPSA) is 57.7 Å². The molecule has 112 valence electrons. The van der Waals surface area contributed by atoms with Gasteiger partial charge in [0.05, 0.1) is 5.69 Å². The first-order valence-electron chi connectivity index (χ1n) is 6.51. The first-order chi connectivity index (χ1) is 9.35. The van der Waals surface area contributed by atoms with Crippen molar-refractivity contribution < 1.29 is 9.53 Å². The Kier molecular flexibility index (Phi) is 5.76. The van der Waals surface area contributed by atoms with Gasteiger partial charge >= 0.3 is 6.09 Å². The van der Waals surface area contributed by atoms with Crippen molar-refractivity contribution in [3.8, 4) is 0 Å². The van der Waals surface area contributed by atoms with Gasteiger partial charge in [-0.3, -0.25) is 0 Å². The second-order valence-electron chi connectivity index (χ2n) is 5.17. The van der Waals surface area contributed by atoms with Crippen LogP contribution in [-0.2, 0) is 17.9 Å². The van der Waals surface area contributed by atoms with Gasteiger partial charge < -0.3 is 19.9 Å². The molecule has 0 saturated carbocycles. The molecule has 0 bridgehead atoms. The van der Waals surface area contributed by atoms with E-state index in [4.69, 9.17) is 4.74 Å². The molecule has 1 heterocycles. The first-order valence-corrected chi connectivity index (χ1v) is 6.51. The van der Waals surface area contributed by atoms with Gasteiger partial charge in [0.15, 0.2) is 0 Å². The number of carbonyl (C=O) groups is 1. The minimum absolute atomic E-state index is 0.174. The quantitative estimate of drug-likeness (QED) is 0.883. The van der Waals surface area contributed by atoms with E-state index in [0.717, 1.165) is 23.6 Å². The summed E-state index contributed by atoms with van der Waals surface area (Å²) in [5, 5.41) is 2.43. The predicted molar refractivity (Wildman–Crippen MR) is 79.9 cm³/mol. The van der Waals surface area contributed by atoms with Gasteiger partial charge in [0, 0.05) is 27.7 Å². The van der Waals surface area contributed by atoms with Crippen LogP contribution in [0.3, 0.4) is 0 Å². The van der Waals surface area contributed by atoms with Crippen molar-refractivity contribution in [2.24, 2.45) is 0 Å². The maximum atomic E-state index is 11.2. The van der Waals surface area contributed by atoms with Gasteiger partial charge in [-0.1, -0.05) is 0 Å². The van der Waals surface area contributed by atoms with Crippen LogP contribution < -0.4 is 10.2 Å². The molecular weight excluding hydrogens is 256 g/mol. The summed E-state index contributed by atoms with van der Waals surface area (Å²) in [4.78, 5) is 19.8. The summed E-state index contributed by atoms with van der Waals surface area (Å²) < 4.78 is 5.11. The van der Waals surface area contributed by atoms with Gasteiger partial charge in [0.25, 0.3) is 0 Å². The molecule has 0 aromatic carbocycles. The third-order valence-corrected chi connectivity index (χ3v) is 2.96. The van der Waals surface area contributed by atoms with Crippen molar-refractivity contribution in [2.45, 2.75) is 20.1 Å². The van der Waals surface area contributed by atoms with Gasteiger partial charge in [-0.15, -0.1) is 0 Å². The van der Waals surface area contributed by atoms with Gasteiger partial charge in [0.2, 0.25) is 0 Å². The second kappa shape index (κ2) is 7.09. The maximum Gasteiger partial charge on any atom is 0.407 e. The number of ether oxygens (including phenoxy) is 1. The number of carbonyl (C=O) groups excluding carboxylic acids is 1. The molecule has 0 aliphatic heterocycles. The smallest absolute Gasteiger partial charge is 0.407 e. The SMILES string of the molecule is CNC(=O)OCc1nc(N(C)C)cc(CN(C)C)c1C. The van der Waals surface area contributed by atoms with Crippen molar-refractivity contribution in [3.05, 3.63) is 22.9 Å². The van der Waals surface area contributed by atoms with Crippen LogP contribution in [0.1, 0.15) is 16.8 Å². The lowest BCUT2D eigenvalue weighted by Crippen LogP contribution is -2.21. The number of hydrogen-bond donors (Lipinski definition) is 1. The van der Waals surface area contributed by atoms with Gasteiger partial charge in [-0.2, -0.15) is 0 Å². The Morgan fingerprint density at radius 2 is 2.00 bits per heavy atom. The number of rotatable bonds is 5. The van der Waals surface area contributed by atoms with E-state index in [9.17, 15) is 4.79 Å². The average molecular weight is 280 g/mol. The molecule has 1 N–H and O–H groups in total. The molecule has 0 atom stereocenters. The van der Waals surface area contributed by atoms with E-state index in [1.54, 1.807) is 0 Å². The monoisotopic (exact) mass is 280 g/mol. The Morgan fingerprint density at radius 3 is 2.50 bits per heavy atom. The molecule has 0 unspecified atom stereocenters. The average Bonchev–Trinajstić information content (AvgIpc) is 2.38. The fraction of sp³-hybridized carbons (Fsp3) is 0.571. The standard InChI is InChI=1S/C14H24N4O2/c1-10-11(8-17(3)4)7-13(18(5)6)16-12(10)9-20-14(19)15-2/h7H,8-9H2,1-6H3,(H,15,19). The van der Waals surface area contributed by atoms with Crippen LogP contribution in [0.15, 0.2) is 6.07 Å². The Balaban J connectivity index is 3.07. The van der Waals surface area contributed by atoms with Crippen molar-refractivity contribution in [1.29, 1.82) is 0 Å². The summed E-state index contributed by atoms with van der Waals surface area (Å²) in [5.41, 5.74) is 3.04. The summed E-state index contributed by atoms with van der Waals surface area (Å²) in [7, 11) is 9.48. The van der Waals surface area contributed by atoms with Crippen molar-refractivity contribution in [2.75, 3.05) is 40.1 Å². The van der Waals surface area contributed by atoms with E-state index in [1.165, 1.54) is 12.6 Å². The fourth-order valence-corrected chi connectivity index (χ4v) is 1.78. The highest BCUT2D eigenvalue weighted by Crippen LogP contribution is 2.20. The fourth-order valence-electron chi connectivity index (χ4n) is 1.78. The van der Waals surface area contributed by atoms with E-state index in [1.807, 2.05) is 40.0 Å². The molecule has 0 saturated heterocycles. The number of pyridine rings is 1.